The molecule has 192 valence electrons. The number of rotatable bonds is 12. The van der Waals surface area contributed by atoms with Crippen LogP contribution >= 0.6 is 0 Å². The molecule has 0 spiro atoms. The number of carboxylic acid groups (broad SMARTS) is 1. The molecule has 36 heavy (non-hydrogen) atoms. The van der Waals surface area contributed by atoms with Crippen LogP contribution in [0, 0.1) is 6.92 Å². The quantitative estimate of drug-likeness (QED) is 0.254. The highest BCUT2D eigenvalue weighted by molar-refractivity contribution is 5.99. The van der Waals surface area contributed by atoms with Gasteiger partial charge in [0.15, 0.2) is 5.75 Å². The van der Waals surface area contributed by atoms with Gasteiger partial charge in [-0.3, -0.25) is 14.4 Å². The maximum absolute atomic E-state index is 12.7. The third-order valence-electron chi connectivity index (χ3n) is 5.83. The zero-order valence-electron chi connectivity index (χ0n) is 20.5. The van der Waals surface area contributed by atoms with Crippen LogP contribution in [0.25, 0.3) is 0 Å². The van der Waals surface area contributed by atoms with Gasteiger partial charge in [0.05, 0.1) is 26.3 Å². The van der Waals surface area contributed by atoms with Crippen LogP contribution in [0.2, 0.25) is 0 Å². The minimum atomic E-state index is -0.903. The van der Waals surface area contributed by atoms with Crippen molar-refractivity contribution in [1.82, 2.24) is 5.32 Å². The number of carbonyl (C=O) groups is 4. The number of cyclic esters (lactones) is 1. The summed E-state index contributed by atoms with van der Waals surface area (Å²) in [6.07, 6.45) is 3.56. The number of fused-ring (bicyclic) bond motifs is 1. The number of allylic oxidation sites excluding steroid dienone is 2. The van der Waals surface area contributed by atoms with E-state index in [9.17, 15) is 19.2 Å². The second-order valence-corrected chi connectivity index (χ2v) is 8.37. The normalized spacial score (nSPS) is 12.6. The SMILES string of the molecule is COc1c(C)c2c(c(OC(=O)CCC(=O)NCc3ccco3)c1C/C=C(\C)CCC(=O)O)C(=O)OC2. The number of ether oxygens (including phenoxy) is 3. The zero-order valence-corrected chi connectivity index (χ0v) is 20.5. The molecule has 0 unspecified atom stereocenters. The van der Waals surface area contributed by atoms with Crippen LogP contribution in [0.1, 0.15) is 65.4 Å². The molecule has 1 aliphatic rings. The Labute approximate surface area is 208 Å². The van der Waals surface area contributed by atoms with Gasteiger partial charge in [0.25, 0.3) is 0 Å². The summed E-state index contributed by atoms with van der Waals surface area (Å²) in [6.45, 7) is 3.83. The maximum Gasteiger partial charge on any atom is 0.342 e. The molecule has 0 saturated carbocycles. The highest BCUT2D eigenvalue weighted by Gasteiger charge is 2.34. The Kier molecular flexibility index (Phi) is 8.88. The van der Waals surface area contributed by atoms with E-state index in [-0.39, 0.29) is 56.1 Å². The van der Waals surface area contributed by atoms with E-state index in [4.69, 9.17) is 23.7 Å². The van der Waals surface area contributed by atoms with E-state index >= 15 is 0 Å². The van der Waals surface area contributed by atoms with Gasteiger partial charge in [-0.25, -0.2) is 4.79 Å². The van der Waals surface area contributed by atoms with Gasteiger partial charge in [0.2, 0.25) is 5.91 Å². The van der Waals surface area contributed by atoms with Gasteiger partial charge in [0, 0.05) is 24.0 Å². The summed E-state index contributed by atoms with van der Waals surface area (Å²) in [6, 6.07) is 3.43. The van der Waals surface area contributed by atoms with Crippen molar-refractivity contribution in [3.63, 3.8) is 0 Å². The molecule has 3 rings (SSSR count). The van der Waals surface area contributed by atoms with Gasteiger partial charge in [-0.1, -0.05) is 11.6 Å². The lowest BCUT2D eigenvalue weighted by atomic mass is 9.94. The number of benzene rings is 1. The molecule has 0 bridgehead atoms. The van der Waals surface area contributed by atoms with E-state index < -0.39 is 17.9 Å². The molecule has 0 saturated heterocycles. The lowest BCUT2D eigenvalue weighted by Crippen LogP contribution is -2.24. The molecule has 0 atom stereocenters. The predicted octanol–water partition coefficient (Wildman–Crippen LogP) is 3.62. The first-order valence-electron chi connectivity index (χ1n) is 11.5. The van der Waals surface area contributed by atoms with Crippen LogP contribution in [0.3, 0.4) is 0 Å². The molecule has 2 aromatic rings. The van der Waals surface area contributed by atoms with Crippen molar-refractivity contribution < 1.29 is 42.9 Å². The Morgan fingerprint density at radius 3 is 2.61 bits per heavy atom. The molecule has 10 heteroatoms. The highest BCUT2D eigenvalue weighted by atomic mass is 16.6. The van der Waals surface area contributed by atoms with E-state index in [2.05, 4.69) is 5.32 Å². The molecule has 1 aromatic carbocycles. The number of hydrogen-bond acceptors (Lipinski definition) is 8. The second-order valence-electron chi connectivity index (χ2n) is 8.37. The van der Waals surface area contributed by atoms with Crippen molar-refractivity contribution in [2.75, 3.05) is 7.11 Å². The van der Waals surface area contributed by atoms with Crippen LogP contribution in [0.15, 0.2) is 34.5 Å². The van der Waals surface area contributed by atoms with E-state index in [1.54, 1.807) is 26.0 Å². The fourth-order valence-corrected chi connectivity index (χ4v) is 3.87. The van der Waals surface area contributed by atoms with E-state index in [0.717, 1.165) is 5.57 Å². The van der Waals surface area contributed by atoms with Crippen molar-refractivity contribution in [2.45, 2.75) is 59.1 Å². The monoisotopic (exact) mass is 499 g/mol. The minimum Gasteiger partial charge on any atom is -0.496 e. The van der Waals surface area contributed by atoms with Gasteiger partial charge in [-0.05, 0) is 44.4 Å². The number of carboxylic acids is 1. The van der Waals surface area contributed by atoms with Gasteiger partial charge in [-0.15, -0.1) is 0 Å². The van der Waals surface area contributed by atoms with Crippen molar-refractivity contribution >= 4 is 23.8 Å². The van der Waals surface area contributed by atoms with Gasteiger partial charge in [-0.2, -0.15) is 0 Å². The lowest BCUT2D eigenvalue weighted by Gasteiger charge is -2.19. The molecule has 0 fully saturated rings. The van der Waals surface area contributed by atoms with Gasteiger partial charge < -0.3 is 29.1 Å². The average molecular weight is 500 g/mol. The first-order chi connectivity index (χ1) is 17.2. The number of esters is 2. The summed E-state index contributed by atoms with van der Waals surface area (Å²) in [7, 11) is 1.48. The van der Waals surface area contributed by atoms with Crippen molar-refractivity contribution in [2.24, 2.45) is 0 Å². The molecular weight excluding hydrogens is 470 g/mol. The van der Waals surface area contributed by atoms with Crippen molar-refractivity contribution in [3.8, 4) is 11.5 Å². The number of furan rings is 1. The molecule has 10 nitrogen and oxygen atoms in total. The Balaban J connectivity index is 1.80. The zero-order chi connectivity index (χ0) is 26.2. The molecule has 2 heterocycles. The Morgan fingerprint density at radius 2 is 1.94 bits per heavy atom. The summed E-state index contributed by atoms with van der Waals surface area (Å²) in [5, 5.41) is 11.6. The summed E-state index contributed by atoms with van der Waals surface area (Å²) < 4.78 is 21.6. The van der Waals surface area contributed by atoms with E-state index in [1.165, 1.54) is 13.4 Å². The third kappa shape index (κ3) is 6.53. The van der Waals surface area contributed by atoms with Crippen LogP contribution in [0.5, 0.6) is 11.5 Å². The predicted molar refractivity (Wildman–Crippen MR) is 127 cm³/mol. The largest absolute Gasteiger partial charge is 0.496 e. The van der Waals surface area contributed by atoms with E-state index in [0.29, 0.717) is 34.6 Å². The Hall–Kier alpha value is -4.08. The number of aliphatic carboxylic acids is 1. The number of amides is 1. The van der Waals surface area contributed by atoms with Gasteiger partial charge in [0.1, 0.15) is 23.7 Å². The number of methoxy groups -OCH3 is 1. The maximum atomic E-state index is 12.7. The molecular formula is C26H29NO9. The molecule has 0 radical (unpaired) electrons. The van der Waals surface area contributed by atoms with Gasteiger partial charge >= 0.3 is 17.9 Å². The number of hydrogen-bond donors (Lipinski definition) is 2. The second kappa shape index (κ2) is 12.1. The summed E-state index contributed by atoms with van der Waals surface area (Å²) in [5.41, 5.74) is 2.73. The summed E-state index contributed by atoms with van der Waals surface area (Å²) >= 11 is 0. The fourth-order valence-electron chi connectivity index (χ4n) is 3.87. The summed E-state index contributed by atoms with van der Waals surface area (Å²) in [4.78, 5) is 48.3. The Morgan fingerprint density at radius 1 is 1.17 bits per heavy atom. The minimum absolute atomic E-state index is 0.0150. The summed E-state index contributed by atoms with van der Waals surface area (Å²) in [5.74, 6) is -1.48. The topological polar surface area (TPSA) is 141 Å². The average Bonchev–Trinajstić information content (AvgIpc) is 3.50. The fraction of sp³-hybridized carbons (Fsp3) is 0.385. The van der Waals surface area contributed by atoms with Crippen LogP contribution in [0.4, 0.5) is 0 Å². The van der Waals surface area contributed by atoms with E-state index in [1.807, 2.05) is 6.08 Å². The number of carbonyl (C=O) groups excluding carboxylic acids is 3. The first kappa shape index (κ1) is 26.5. The lowest BCUT2D eigenvalue weighted by molar-refractivity contribution is -0.137. The molecule has 2 N–H and O–H groups in total. The highest BCUT2D eigenvalue weighted by Crippen LogP contribution is 2.43. The van der Waals surface area contributed by atoms with Crippen LogP contribution in [-0.4, -0.2) is 36.0 Å². The van der Waals surface area contributed by atoms with Crippen LogP contribution in [-0.2, 0) is 38.7 Å². The third-order valence-corrected chi connectivity index (χ3v) is 5.83. The van der Waals surface area contributed by atoms with Crippen molar-refractivity contribution in [3.05, 3.63) is 58.1 Å². The molecule has 1 aromatic heterocycles. The first-order valence-corrected chi connectivity index (χ1v) is 11.5. The smallest absolute Gasteiger partial charge is 0.342 e. The number of nitrogens with one attached hydrogen (secondary N) is 1. The van der Waals surface area contributed by atoms with Crippen LogP contribution < -0.4 is 14.8 Å². The molecule has 1 amide bonds. The molecule has 0 aliphatic carbocycles. The Bertz CT molecular complexity index is 1180. The molecule has 1 aliphatic heterocycles. The van der Waals surface area contributed by atoms with Crippen molar-refractivity contribution in [1.29, 1.82) is 0 Å². The standard InChI is InChI=1S/C26H29NO9/c1-15(7-10-21(29)30)6-8-18-24(33-3)16(2)19-14-35-26(32)23(19)25(18)36-22(31)11-9-20(28)27-13-17-5-4-12-34-17/h4-6,12H,7-11,13-14H2,1-3H3,(H,27,28)(H,29,30)/b15-6+.